The Morgan fingerprint density at radius 2 is 1.72 bits per heavy atom. The van der Waals surface area contributed by atoms with E-state index in [1.165, 1.54) is 0 Å². The molecular weight excluding hydrogens is 620 g/mol. The molecule has 1 aromatic heterocycles. The third kappa shape index (κ3) is 10.3. The number of nitrogens with one attached hydrogen (secondary N) is 1. The van der Waals surface area contributed by atoms with Crippen molar-refractivity contribution < 1.29 is 28.6 Å². The highest BCUT2D eigenvalue weighted by Gasteiger charge is 2.30. The number of benzene rings is 1. The van der Waals surface area contributed by atoms with Gasteiger partial charge in [-0.1, -0.05) is 62.9 Å². The van der Waals surface area contributed by atoms with E-state index in [0.717, 1.165) is 11.8 Å². The molecule has 1 aliphatic heterocycles. The number of carbonyl (C=O) groups is 3. The summed E-state index contributed by atoms with van der Waals surface area (Å²) in [5.41, 5.74) is 6.97. The van der Waals surface area contributed by atoms with Crippen LogP contribution >= 0.6 is 11.8 Å². The van der Waals surface area contributed by atoms with Gasteiger partial charge in [0.15, 0.2) is 0 Å². The monoisotopic (exact) mass is 664 g/mol. The summed E-state index contributed by atoms with van der Waals surface area (Å²) in [7, 11) is 0. The minimum atomic E-state index is -0.857. The van der Waals surface area contributed by atoms with Crippen LogP contribution in [0, 0.1) is 28.6 Å². The minimum Gasteiger partial charge on any atom is -0.462 e. The van der Waals surface area contributed by atoms with Gasteiger partial charge in [0.2, 0.25) is 5.91 Å². The molecule has 3 rings (SSSR count). The largest absolute Gasteiger partial charge is 0.462 e. The normalized spacial score (nSPS) is 14.9. The van der Waals surface area contributed by atoms with Crippen molar-refractivity contribution in [1.82, 2.24) is 10.3 Å². The summed E-state index contributed by atoms with van der Waals surface area (Å²) < 4.78 is 16.7. The fourth-order valence-electron chi connectivity index (χ4n) is 5.14. The minimum absolute atomic E-state index is 0.0247. The molecule has 0 bridgehead atoms. The maximum atomic E-state index is 12.7. The number of hydrogen-bond donors (Lipinski definition) is 2. The standard InChI is InChI=1S/C34H44N6O6S/c1-7-24-25(19-35)30(39-31(26(24)20-36)47-28(29(37)41)22-11-9-8-10-12-22)40-15-13-23(14-16-40)44-17-18-45-32(42)27(21(2)3)38-33(43)46-34(4,5)6/h8-12,21,23,27-28H,7,13-18H2,1-6H3,(H2,37,41)(H,38,43). The Labute approximate surface area is 280 Å². The van der Waals surface area contributed by atoms with E-state index in [1.807, 2.05) is 30.0 Å². The lowest BCUT2D eigenvalue weighted by Gasteiger charge is -2.34. The summed E-state index contributed by atoms with van der Waals surface area (Å²) in [6, 6.07) is 12.7. The molecule has 2 unspecified atom stereocenters. The molecule has 1 aromatic carbocycles. The molecule has 2 aromatic rings. The molecule has 2 atom stereocenters. The van der Waals surface area contributed by atoms with Gasteiger partial charge < -0.3 is 30.2 Å². The topological polar surface area (TPSA) is 181 Å². The van der Waals surface area contributed by atoms with Crippen LogP contribution in [0.2, 0.25) is 0 Å². The van der Waals surface area contributed by atoms with Gasteiger partial charge in [0.05, 0.1) is 23.8 Å². The Hall–Kier alpha value is -4.33. The quantitative estimate of drug-likeness (QED) is 0.171. The lowest BCUT2D eigenvalue weighted by Crippen LogP contribution is -2.47. The number of amides is 2. The van der Waals surface area contributed by atoms with Crippen LogP contribution in [0.5, 0.6) is 0 Å². The summed E-state index contributed by atoms with van der Waals surface area (Å²) in [5, 5.41) is 22.4. The van der Waals surface area contributed by atoms with Gasteiger partial charge in [-0.15, -0.1) is 0 Å². The molecule has 47 heavy (non-hydrogen) atoms. The van der Waals surface area contributed by atoms with Gasteiger partial charge in [0, 0.05) is 13.1 Å². The Morgan fingerprint density at radius 3 is 2.26 bits per heavy atom. The molecule has 2 amide bonds. The Balaban J connectivity index is 1.65. The van der Waals surface area contributed by atoms with Gasteiger partial charge in [0.1, 0.15) is 46.5 Å². The molecule has 13 heteroatoms. The van der Waals surface area contributed by atoms with E-state index in [2.05, 4.69) is 17.5 Å². The summed E-state index contributed by atoms with van der Waals surface area (Å²) in [6.45, 7) is 12.0. The number of esters is 1. The number of alkyl carbamates (subject to hydrolysis) is 1. The lowest BCUT2D eigenvalue weighted by molar-refractivity contribution is -0.149. The number of rotatable bonds is 13. The predicted octanol–water partition coefficient (Wildman–Crippen LogP) is 4.78. The van der Waals surface area contributed by atoms with Gasteiger partial charge in [-0.05, 0) is 57.1 Å². The van der Waals surface area contributed by atoms with E-state index in [-0.39, 0.29) is 30.8 Å². The molecule has 12 nitrogen and oxygen atoms in total. The van der Waals surface area contributed by atoms with Gasteiger partial charge >= 0.3 is 12.1 Å². The number of aromatic nitrogens is 1. The van der Waals surface area contributed by atoms with E-state index < -0.39 is 34.9 Å². The number of pyridine rings is 1. The Kier molecular flexibility index (Phi) is 13.4. The second-order valence-corrected chi connectivity index (χ2v) is 13.5. The first kappa shape index (κ1) is 37.1. The Morgan fingerprint density at radius 1 is 1.09 bits per heavy atom. The van der Waals surface area contributed by atoms with E-state index in [9.17, 15) is 24.9 Å². The van der Waals surface area contributed by atoms with Crippen LogP contribution < -0.4 is 16.0 Å². The molecule has 2 heterocycles. The second-order valence-electron chi connectivity index (χ2n) is 12.4. The van der Waals surface area contributed by atoms with Gasteiger partial charge in [0.25, 0.3) is 0 Å². The fraction of sp³-hybridized carbons (Fsp3) is 0.529. The number of nitrogens with two attached hydrogens (primary N) is 1. The number of piperidine rings is 1. The van der Waals surface area contributed by atoms with Crippen molar-refractivity contribution >= 4 is 35.5 Å². The highest BCUT2D eigenvalue weighted by Crippen LogP contribution is 2.40. The smallest absolute Gasteiger partial charge is 0.408 e. The highest BCUT2D eigenvalue weighted by molar-refractivity contribution is 8.00. The third-order valence-electron chi connectivity index (χ3n) is 7.43. The Bertz CT molecular complexity index is 1490. The van der Waals surface area contributed by atoms with Crippen LogP contribution in [-0.2, 0) is 30.2 Å². The first-order chi connectivity index (χ1) is 22.3. The van der Waals surface area contributed by atoms with E-state index in [1.54, 1.807) is 46.8 Å². The molecule has 3 N–H and O–H groups in total. The summed E-state index contributed by atoms with van der Waals surface area (Å²) in [4.78, 5) is 44.1. The van der Waals surface area contributed by atoms with Crippen LogP contribution in [0.25, 0.3) is 0 Å². The molecule has 0 radical (unpaired) electrons. The van der Waals surface area contributed by atoms with E-state index in [0.29, 0.717) is 59.9 Å². The van der Waals surface area contributed by atoms with Crippen LogP contribution in [0.3, 0.4) is 0 Å². The van der Waals surface area contributed by atoms with Crippen molar-refractivity contribution in [2.45, 2.75) is 88.8 Å². The number of hydrogen-bond acceptors (Lipinski definition) is 11. The van der Waals surface area contributed by atoms with Gasteiger partial charge in [-0.25, -0.2) is 14.6 Å². The molecule has 0 aliphatic carbocycles. The van der Waals surface area contributed by atoms with Crippen LogP contribution in [0.15, 0.2) is 35.4 Å². The molecule has 1 saturated heterocycles. The SMILES string of the molecule is CCc1c(C#N)c(SC(C(N)=O)c2ccccc2)nc(N2CCC(OCCOC(=O)C(NC(=O)OC(C)(C)C)C(C)C)CC2)c1C#N. The lowest BCUT2D eigenvalue weighted by atomic mass is 10.0. The van der Waals surface area contributed by atoms with Crippen LogP contribution in [0.4, 0.5) is 10.6 Å². The maximum Gasteiger partial charge on any atom is 0.408 e. The van der Waals surface area contributed by atoms with Crippen molar-refractivity contribution in [3.05, 3.63) is 52.6 Å². The maximum absolute atomic E-state index is 12.7. The number of primary amides is 1. The van der Waals surface area contributed by atoms with Crippen molar-refractivity contribution in [3.63, 3.8) is 0 Å². The molecule has 252 valence electrons. The number of nitrogens with zero attached hydrogens (tertiary/aromatic N) is 4. The summed E-state index contributed by atoms with van der Waals surface area (Å²) >= 11 is 1.11. The van der Waals surface area contributed by atoms with E-state index in [4.69, 9.17) is 24.9 Å². The molecule has 1 aliphatic rings. The number of nitriles is 2. The van der Waals surface area contributed by atoms with Gasteiger partial charge in [-0.2, -0.15) is 10.5 Å². The van der Waals surface area contributed by atoms with E-state index >= 15 is 0 Å². The molecule has 1 fully saturated rings. The zero-order valence-corrected chi connectivity index (χ0v) is 28.7. The first-order valence-electron chi connectivity index (χ1n) is 15.7. The number of carbonyl (C=O) groups excluding carboxylic acids is 3. The van der Waals surface area contributed by atoms with Crippen LogP contribution in [-0.4, -0.2) is 67.0 Å². The average molecular weight is 665 g/mol. The predicted molar refractivity (Wildman–Crippen MR) is 177 cm³/mol. The fourth-order valence-corrected chi connectivity index (χ4v) is 6.20. The second kappa shape index (κ2) is 17.0. The summed E-state index contributed by atoms with van der Waals surface area (Å²) in [6.07, 6.45) is 0.907. The molecule has 0 saturated carbocycles. The van der Waals surface area contributed by atoms with Crippen molar-refractivity contribution in [3.8, 4) is 12.1 Å². The molecule has 0 spiro atoms. The highest BCUT2D eigenvalue weighted by atomic mass is 32.2. The van der Waals surface area contributed by atoms with Crippen molar-refractivity contribution in [2.75, 3.05) is 31.2 Å². The zero-order valence-electron chi connectivity index (χ0n) is 27.9. The van der Waals surface area contributed by atoms with Crippen molar-refractivity contribution in [2.24, 2.45) is 11.7 Å². The van der Waals surface area contributed by atoms with Gasteiger partial charge in [-0.3, -0.25) is 4.79 Å². The van der Waals surface area contributed by atoms with Crippen LogP contribution in [0.1, 0.15) is 81.9 Å². The number of ether oxygens (including phenoxy) is 3. The number of anilines is 1. The third-order valence-corrected chi connectivity index (χ3v) is 8.69. The first-order valence-corrected chi connectivity index (χ1v) is 16.6. The summed E-state index contributed by atoms with van der Waals surface area (Å²) in [5.74, 6) is -0.863. The average Bonchev–Trinajstić information content (AvgIpc) is 3.03. The number of thioether (sulfide) groups is 1. The molecular formula is C34H44N6O6S. The van der Waals surface area contributed by atoms with Crippen molar-refractivity contribution in [1.29, 1.82) is 10.5 Å². The zero-order chi connectivity index (χ0) is 34.7.